The van der Waals surface area contributed by atoms with Gasteiger partial charge in [-0.1, -0.05) is 60.7 Å². The van der Waals surface area contributed by atoms with Crippen LogP contribution in [0, 0.1) is 11.8 Å². The Hall–Kier alpha value is -4.98. The largest absolute Gasteiger partial charge is 0.496 e. The smallest absolute Gasteiger partial charge is 0.315 e. The van der Waals surface area contributed by atoms with Crippen LogP contribution in [0.4, 0.5) is 0 Å². The highest BCUT2D eigenvalue weighted by Crippen LogP contribution is 2.60. The maximum atomic E-state index is 14.2. The van der Waals surface area contributed by atoms with Crippen LogP contribution in [0.1, 0.15) is 23.0 Å². The van der Waals surface area contributed by atoms with Crippen LogP contribution in [0.15, 0.2) is 91.0 Å². The molecule has 8 heteroatoms. The van der Waals surface area contributed by atoms with Crippen molar-refractivity contribution in [3.63, 3.8) is 0 Å². The summed E-state index contributed by atoms with van der Waals surface area (Å²) >= 11 is 0. The normalized spacial score (nSPS) is 20.6. The van der Waals surface area contributed by atoms with Crippen molar-refractivity contribution in [2.45, 2.75) is 11.8 Å². The first-order valence-electron chi connectivity index (χ1n) is 13.7. The van der Waals surface area contributed by atoms with Gasteiger partial charge in [-0.3, -0.25) is 9.59 Å². The number of ether oxygens (including phenoxy) is 5. The number of carbonyl (C=O) groups excluding carboxylic acids is 1. The second-order valence-electron chi connectivity index (χ2n) is 10.2. The minimum Gasteiger partial charge on any atom is -0.496 e. The van der Waals surface area contributed by atoms with Gasteiger partial charge in [-0.25, -0.2) is 0 Å². The van der Waals surface area contributed by atoms with Gasteiger partial charge in [0.2, 0.25) is 0 Å². The molecule has 0 aromatic heterocycles. The number of hydrogen-bond acceptors (Lipinski definition) is 7. The van der Waals surface area contributed by atoms with E-state index in [9.17, 15) is 14.7 Å². The molecule has 0 bridgehead atoms. The van der Waals surface area contributed by atoms with Gasteiger partial charge < -0.3 is 28.8 Å². The van der Waals surface area contributed by atoms with Crippen molar-refractivity contribution in [2.75, 3.05) is 27.4 Å². The SMILES string of the molecule is COc1ccccc1[C@@H]1[C@H](C(=O)O)[C@@H](c2ccccc2OC)[C@H]1C(=O)Oc1ccccc1-c1ccc2c(c1)OCCO2. The summed E-state index contributed by atoms with van der Waals surface area (Å²) in [7, 11) is 3.06. The highest BCUT2D eigenvalue weighted by molar-refractivity contribution is 5.87. The molecule has 0 saturated heterocycles. The Balaban J connectivity index is 1.41. The molecular weight excluding hydrogens is 536 g/mol. The standard InChI is InChI=1S/C34H30O8/c1-38-24-12-6-4-10-22(24)29-31(33(35)36)30(23-11-5-7-13-25(23)39-2)32(29)34(37)42-26-14-8-3-9-21(26)20-15-16-27-28(19-20)41-18-17-40-27/h3-16,19,29-32H,17-18H2,1-2H3,(H,35,36)/t29-,30-,31-,32-/m1/s1. The molecule has 4 aromatic carbocycles. The molecule has 1 fully saturated rings. The number of carboxylic acids is 1. The summed E-state index contributed by atoms with van der Waals surface area (Å²) in [6.07, 6.45) is 0. The lowest BCUT2D eigenvalue weighted by Gasteiger charge is -2.49. The number of benzene rings is 4. The topological polar surface area (TPSA) is 101 Å². The molecule has 8 nitrogen and oxygen atoms in total. The molecule has 2 aliphatic rings. The monoisotopic (exact) mass is 566 g/mol. The summed E-state index contributed by atoms with van der Waals surface area (Å²) < 4.78 is 28.7. The molecule has 4 aromatic rings. The predicted octanol–water partition coefficient (Wildman–Crippen LogP) is 5.95. The maximum Gasteiger partial charge on any atom is 0.315 e. The third-order valence-electron chi connectivity index (χ3n) is 8.05. The molecule has 1 N–H and O–H groups in total. The average molecular weight is 567 g/mol. The molecule has 1 saturated carbocycles. The van der Waals surface area contributed by atoms with E-state index < -0.39 is 35.6 Å². The van der Waals surface area contributed by atoms with Crippen molar-refractivity contribution in [3.8, 4) is 39.9 Å². The fraction of sp³-hybridized carbons (Fsp3) is 0.235. The van der Waals surface area contributed by atoms with Crippen LogP contribution in [0.2, 0.25) is 0 Å². The summed E-state index contributed by atoms with van der Waals surface area (Å²) in [4.78, 5) is 27.0. The number of aliphatic carboxylic acids is 1. The number of carboxylic acid groups (broad SMARTS) is 1. The van der Waals surface area contributed by atoms with E-state index in [0.717, 1.165) is 5.56 Å². The number of rotatable bonds is 8. The lowest BCUT2D eigenvalue weighted by Crippen LogP contribution is -2.52. The van der Waals surface area contributed by atoms with E-state index in [1.807, 2.05) is 54.6 Å². The van der Waals surface area contributed by atoms with Gasteiger partial charge in [-0.15, -0.1) is 0 Å². The van der Waals surface area contributed by atoms with Crippen LogP contribution in [0.3, 0.4) is 0 Å². The van der Waals surface area contributed by atoms with E-state index in [4.69, 9.17) is 23.7 Å². The number of fused-ring (bicyclic) bond motifs is 1. The zero-order valence-corrected chi connectivity index (χ0v) is 23.2. The number of carbonyl (C=O) groups is 2. The highest BCUT2D eigenvalue weighted by Gasteiger charge is 2.60. The molecule has 42 heavy (non-hydrogen) atoms. The second kappa shape index (κ2) is 11.5. The zero-order valence-electron chi connectivity index (χ0n) is 23.2. The van der Waals surface area contributed by atoms with Crippen molar-refractivity contribution in [1.82, 2.24) is 0 Å². The van der Waals surface area contributed by atoms with E-state index in [-0.39, 0.29) is 0 Å². The molecule has 214 valence electrons. The van der Waals surface area contributed by atoms with E-state index in [0.29, 0.717) is 58.7 Å². The molecule has 1 heterocycles. The summed E-state index contributed by atoms with van der Waals surface area (Å²) in [6, 6.07) is 27.2. The quantitative estimate of drug-likeness (QED) is 0.206. The lowest BCUT2D eigenvalue weighted by atomic mass is 9.52. The molecule has 1 aliphatic heterocycles. The molecule has 1 aliphatic carbocycles. The predicted molar refractivity (Wildman–Crippen MR) is 155 cm³/mol. The lowest BCUT2D eigenvalue weighted by molar-refractivity contribution is -0.158. The van der Waals surface area contributed by atoms with Gasteiger partial charge in [0.05, 0.1) is 26.1 Å². The first kappa shape index (κ1) is 27.2. The molecular formula is C34H30O8. The Bertz CT molecular complexity index is 1570. The summed E-state index contributed by atoms with van der Waals surface area (Å²) in [6.45, 7) is 0.939. The van der Waals surface area contributed by atoms with Crippen molar-refractivity contribution < 1.29 is 38.4 Å². The van der Waals surface area contributed by atoms with Gasteiger partial charge in [0, 0.05) is 17.4 Å². The van der Waals surface area contributed by atoms with Crippen LogP contribution in [0.25, 0.3) is 11.1 Å². The van der Waals surface area contributed by atoms with Gasteiger partial charge in [-0.05, 0) is 47.0 Å². The Labute approximate surface area is 243 Å². The van der Waals surface area contributed by atoms with Crippen molar-refractivity contribution in [2.24, 2.45) is 11.8 Å². The Morgan fingerprint density at radius 1 is 0.690 bits per heavy atom. The first-order valence-corrected chi connectivity index (χ1v) is 13.7. The summed E-state index contributed by atoms with van der Waals surface area (Å²) in [5, 5.41) is 10.4. The third kappa shape index (κ3) is 4.79. The van der Waals surface area contributed by atoms with Gasteiger partial charge in [-0.2, -0.15) is 0 Å². The van der Waals surface area contributed by atoms with Crippen LogP contribution in [-0.4, -0.2) is 44.5 Å². The van der Waals surface area contributed by atoms with Gasteiger partial charge in [0.1, 0.15) is 30.5 Å². The van der Waals surface area contributed by atoms with Crippen molar-refractivity contribution in [1.29, 1.82) is 0 Å². The van der Waals surface area contributed by atoms with Crippen LogP contribution >= 0.6 is 0 Å². The fourth-order valence-electron chi connectivity index (χ4n) is 6.19. The van der Waals surface area contributed by atoms with Gasteiger partial charge in [0.15, 0.2) is 11.5 Å². The molecule has 0 spiro atoms. The Morgan fingerprint density at radius 2 is 1.24 bits per heavy atom. The van der Waals surface area contributed by atoms with E-state index in [1.54, 1.807) is 36.4 Å². The number of methoxy groups -OCH3 is 2. The van der Waals surface area contributed by atoms with Gasteiger partial charge >= 0.3 is 11.9 Å². The molecule has 6 rings (SSSR count). The first-order chi connectivity index (χ1) is 20.5. The summed E-state index contributed by atoms with van der Waals surface area (Å²) in [5.74, 6) is -2.00. The zero-order chi connectivity index (χ0) is 29.2. The van der Waals surface area contributed by atoms with Crippen LogP contribution in [0.5, 0.6) is 28.7 Å². The van der Waals surface area contributed by atoms with E-state index in [1.165, 1.54) is 14.2 Å². The Kier molecular flexibility index (Phi) is 7.44. The van der Waals surface area contributed by atoms with Crippen LogP contribution in [-0.2, 0) is 9.59 Å². The third-order valence-corrected chi connectivity index (χ3v) is 8.05. The number of hydrogen-bond donors (Lipinski definition) is 1. The summed E-state index contributed by atoms with van der Waals surface area (Å²) in [5.41, 5.74) is 2.77. The molecule has 0 amide bonds. The Morgan fingerprint density at radius 3 is 1.83 bits per heavy atom. The highest BCUT2D eigenvalue weighted by atomic mass is 16.6. The molecule has 0 radical (unpaired) electrons. The minimum atomic E-state index is -1.01. The minimum absolute atomic E-state index is 0.357. The van der Waals surface area contributed by atoms with E-state index in [2.05, 4.69) is 0 Å². The molecule has 0 unspecified atom stereocenters. The van der Waals surface area contributed by atoms with E-state index >= 15 is 0 Å². The van der Waals surface area contributed by atoms with Gasteiger partial charge in [0.25, 0.3) is 0 Å². The molecule has 2 atom stereocenters. The maximum absolute atomic E-state index is 14.2. The van der Waals surface area contributed by atoms with Crippen LogP contribution < -0.4 is 23.7 Å². The second-order valence-corrected chi connectivity index (χ2v) is 10.2. The number of para-hydroxylation sites is 3. The van der Waals surface area contributed by atoms with Crippen molar-refractivity contribution in [3.05, 3.63) is 102 Å². The number of esters is 1. The average Bonchev–Trinajstić information content (AvgIpc) is 3.01. The van der Waals surface area contributed by atoms with Crippen molar-refractivity contribution >= 4 is 11.9 Å². The fourth-order valence-corrected chi connectivity index (χ4v) is 6.19.